The Morgan fingerprint density at radius 2 is 1.79 bits per heavy atom. The summed E-state index contributed by atoms with van der Waals surface area (Å²) in [5.74, 6) is 5.99. The summed E-state index contributed by atoms with van der Waals surface area (Å²) in [4.78, 5) is 4.25. The molecule has 1 saturated heterocycles. The van der Waals surface area contributed by atoms with E-state index in [-0.39, 0.29) is 11.2 Å². The zero-order valence-electron chi connectivity index (χ0n) is 12.1. The highest BCUT2D eigenvalue weighted by Gasteiger charge is 2.51. The molecule has 0 amide bonds. The molecule has 1 aliphatic heterocycles. The number of nitrogens with two attached hydrogens (primary N) is 1. The minimum absolute atomic E-state index is 0.359. The molecule has 19 heavy (non-hydrogen) atoms. The van der Waals surface area contributed by atoms with Crippen LogP contribution in [0.2, 0.25) is 0 Å². The highest BCUT2D eigenvalue weighted by atomic mass is 16.7. The second-order valence-corrected chi connectivity index (χ2v) is 5.65. The van der Waals surface area contributed by atoms with Crippen LogP contribution in [0.15, 0.2) is 12.3 Å². The second kappa shape index (κ2) is 4.66. The van der Waals surface area contributed by atoms with Gasteiger partial charge in [-0.2, -0.15) is 0 Å². The van der Waals surface area contributed by atoms with Crippen molar-refractivity contribution in [2.24, 2.45) is 5.84 Å². The predicted molar refractivity (Wildman–Crippen MR) is 77.3 cm³/mol. The summed E-state index contributed by atoms with van der Waals surface area (Å²) in [5, 5.41) is 3.04. The summed E-state index contributed by atoms with van der Waals surface area (Å²) in [6.07, 6.45) is 1.71. The van der Waals surface area contributed by atoms with E-state index >= 15 is 0 Å². The number of pyridine rings is 1. The average Bonchev–Trinajstić information content (AvgIpc) is 2.57. The Hall–Kier alpha value is -1.31. The molecule has 0 unspecified atom stereocenters. The van der Waals surface area contributed by atoms with Crippen molar-refractivity contribution in [2.75, 3.05) is 17.8 Å². The molecule has 4 N–H and O–H groups in total. The lowest BCUT2D eigenvalue weighted by Gasteiger charge is -2.32. The van der Waals surface area contributed by atoms with Gasteiger partial charge in [0.2, 0.25) is 0 Å². The lowest BCUT2D eigenvalue weighted by Crippen LogP contribution is -2.41. The number of anilines is 2. The highest BCUT2D eigenvalue weighted by molar-refractivity contribution is 6.62. The van der Waals surface area contributed by atoms with Crippen LogP contribution in [0.5, 0.6) is 0 Å². The quantitative estimate of drug-likeness (QED) is 0.424. The Balaban J connectivity index is 2.30. The van der Waals surface area contributed by atoms with Gasteiger partial charge in [-0.05, 0) is 33.8 Å². The maximum Gasteiger partial charge on any atom is 0.496 e. The van der Waals surface area contributed by atoms with Crippen molar-refractivity contribution >= 4 is 24.1 Å². The fourth-order valence-electron chi connectivity index (χ4n) is 1.89. The first kappa shape index (κ1) is 14.1. The number of nitrogens with zero attached hydrogens (tertiary/aromatic N) is 1. The van der Waals surface area contributed by atoms with E-state index in [1.807, 2.05) is 40.8 Å². The molecule has 7 heteroatoms. The number of rotatable bonds is 3. The van der Waals surface area contributed by atoms with Crippen LogP contribution < -0.4 is 22.0 Å². The van der Waals surface area contributed by atoms with Crippen LogP contribution in [0, 0.1) is 0 Å². The van der Waals surface area contributed by atoms with Gasteiger partial charge in [-0.25, -0.2) is 10.8 Å². The van der Waals surface area contributed by atoms with Crippen molar-refractivity contribution in [3.05, 3.63) is 12.3 Å². The van der Waals surface area contributed by atoms with E-state index in [0.29, 0.717) is 5.82 Å². The van der Waals surface area contributed by atoms with Crippen LogP contribution in [0.3, 0.4) is 0 Å². The lowest BCUT2D eigenvalue weighted by molar-refractivity contribution is 0.00578. The molecule has 1 aromatic rings. The molecule has 0 aromatic carbocycles. The van der Waals surface area contributed by atoms with Crippen LogP contribution in [-0.2, 0) is 9.31 Å². The number of nitrogen functional groups attached to an aromatic ring is 1. The Morgan fingerprint density at radius 3 is 2.26 bits per heavy atom. The van der Waals surface area contributed by atoms with E-state index in [1.165, 1.54) is 0 Å². The Bertz CT molecular complexity index is 463. The van der Waals surface area contributed by atoms with Gasteiger partial charge in [0.05, 0.1) is 16.9 Å². The second-order valence-electron chi connectivity index (χ2n) is 5.65. The van der Waals surface area contributed by atoms with Crippen molar-refractivity contribution in [3.8, 4) is 0 Å². The third-order valence-corrected chi connectivity index (χ3v) is 3.84. The van der Waals surface area contributed by atoms with Gasteiger partial charge in [0.25, 0.3) is 0 Å². The van der Waals surface area contributed by atoms with E-state index in [1.54, 1.807) is 6.20 Å². The number of hydrogen-bond acceptors (Lipinski definition) is 6. The van der Waals surface area contributed by atoms with Crippen LogP contribution in [-0.4, -0.2) is 30.4 Å². The molecular weight excluding hydrogens is 243 g/mol. The molecule has 1 aromatic heterocycles. The molecule has 1 aliphatic rings. The number of hydrazine groups is 1. The van der Waals surface area contributed by atoms with Crippen molar-refractivity contribution in [2.45, 2.75) is 38.9 Å². The lowest BCUT2D eigenvalue weighted by atomic mass is 9.80. The predicted octanol–water partition coefficient (Wildman–Crippen LogP) is 0.708. The fraction of sp³-hybridized carbons (Fsp3) is 0.583. The summed E-state index contributed by atoms with van der Waals surface area (Å²) >= 11 is 0. The standard InChI is InChI=1S/C12H21BN4O2/c1-11(2)12(3,4)19-13(18-11)8-6-9(15-5)10(17-14)16-7-8/h6-7,15H,14H2,1-5H3,(H,16,17). The van der Waals surface area contributed by atoms with Gasteiger partial charge < -0.3 is 20.1 Å². The number of hydrogen-bond donors (Lipinski definition) is 3. The van der Waals surface area contributed by atoms with Crippen LogP contribution in [0.1, 0.15) is 27.7 Å². The Kier molecular flexibility index (Phi) is 3.46. The van der Waals surface area contributed by atoms with Gasteiger partial charge in [-0.15, -0.1) is 0 Å². The van der Waals surface area contributed by atoms with Crippen molar-refractivity contribution in [1.29, 1.82) is 0 Å². The molecule has 0 atom stereocenters. The summed E-state index contributed by atoms with van der Waals surface area (Å²) < 4.78 is 12.0. The van der Waals surface area contributed by atoms with Gasteiger partial charge in [0.1, 0.15) is 0 Å². The third kappa shape index (κ3) is 2.41. The largest absolute Gasteiger partial charge is 0.496 e. The molecule has 0 radical (unpaired) electrons. The number of aromatic nitrogens is 1. The Labute approximate surface area is 114 Å². The maximum atomic E-state index is 5.98. The van der Waals surface area contributed by atoms with E-state index in [4.69, 9.17) is 15.2 Å². The highest BCUT2D eigenvalue weighted by Crippen LogP contribution is 2.36. The van der Waals surface area contributed by atoms with Crippen molar-refractivity contribution < 1.29 is 9.31 Å². The van der Waals surface area contributed by atoms with Crippen molar-refractivity contribution in [3.63, 3.8) is 0 Å². The van der Waals surface area contributed by atoms with Crippen LogP contribution in [0.4, 0.5) is 11.5 Å². The average molecular weight is 264 g/mol. The molecule has 2 heterocycles. The SMILES string of the molecule is CNc1cc(B2OC(C)(C)C(C)(C)O2)cnc1NN. The molecule has 0 spiro atoms. The first-order valence-electron chi connectivity index (χ1n) is 6.30. The van der Waals surface area contributed by atoms with Crippen LogP contribution in [0.25, 0.3) is 0 Å². The molecular formula is C12H21BN4O2. The molecule has 104 valence electrons. The van der Waals surface area contributed by atoms with Gasteiger partial charge >= 0.3 is 7.12 Å². The van der Waals surface area contributed by atoms with Gasteiger partial charge in [-0.1, -0.05) is 0 Å². The van der Waals surface area contributed by atoms with E-state index in [0.717, 1.165) is 11.2 Å². The molecule has 0 saturated carbocycles. The van der Waals surface area contributed by atoms with E-state index in [9.17, 15) is 0 Å². The van der Waals surface area contributed by atoms with Gasteiger partial charge in [0, 0.05) is 18.7 Å². The zero-order valence-corrected chi connectivity index (χ0v) is 12.1. The smallest absolute Gasteiger partial charge is 0.399 e. The summed E-state index contributed by atoms with van der Waals surface area (Å²) in [7, 11) is 1.39. The van der Waals surface area contributed by atoms with Gasteiger partial charge in [-0.3, -0.25) is 0 Å². The van der Waals surface area contributed by atoms with E-state index in [2.05, 4.69) is 15.7 Å². The minimum Gasteiger partial charge on any atom is -0.399 e. The molecule has 2 rings (SSSR count). The van der Waals surface area contributed by atoms with Crippen LogP contribution >= 0.6 is 0 Å². The normalized spacial score (nSPS) is 20.4. The van der Waals surface area contributed by atoms with E-state index < -0.39 is 7.12 Å². The first-order chi connectivity index (χ1) is 8.80. The summed E-state index contributed by atoms with van der Waals surface area (Å²) in [5.41, 5.74) is 3.49. The third-order valence-electron chi connectivity index (χ3n) is 3.84. The van der Waals surface area contributed by atoms with Gasteiger partial charge in [0.15, 0.2) is 5.82 Å². The number of nitrogens with one attached hydrogen (secondary N) is 2. The molecule has 0 bridgehead atoms. The van der Waals surface area contributed by atoms with Crippen molar-refractivity contribution in [1.82, 2.24) is 4.98 Å². The monoisotopic (exact) mass is 264 g/mol. The minimum atomic E-state index is -0.420. The molecule has 1 fully saturated rings. The first-order valence-corrected chi connectivity index (χ1v) is 6.30. The summed E-state index contributed by atoms with van der Waals surface area (Å²) in [6.45, 7) is 8.09. The summed E-state index contributed by atoms with van der Waals surface area (Å²) in [6, 6.07) is 1.92. The molecule has 6 nitrogen and oxygen atoms in total. The fourth-order valence-corrected chi connectivity index (χ4v) is 1.89. The Morgan fingerprint density at radius 1 is 1.21 bits per heavy atom. The molecule has 0 aliphatic carbocycles. The maximum absolute atomic E-state index is 5.98. The topological polar surface area (TPSA) is 81.4 Å². The zero-order chi connectivity index (χ0) is 14.3.